The van der Waals surface area contributed by atoms with Gasteiger partial charge in [0, 0.05) is 32.0 Å². The Bertz CT molecular complexity index is 424. The Labute approximate surface area is 112 Å². The summed E-state index contributed by atoms with van der Waals surface area (Å²) in [7, 11) is 0. The minimum Gasteiger partial charge on any atom is -0.351 e. The van der Waals surface area contributed by atoms with E-state index >= 15 is 0 Å². The highest BCUT2D eigenvalue weighted by atomic mass is 32.1. The third-order valence-corrected chi connectivity index (χ3v) is 4.23. The molecule has 1 fully saturated rings. The smallest absolute Gasteiger partial charge is 0.263 e. The van der Waals surface area contributed by atoms with Gasteiger partial charge < -0.3 is 10.6 Å². The van der Waals surface area contributed by atoms with Crippen LogP contribution >= 0.6 is 11.3 Å². The van der Waals surface area contributed by atoms with Crippen LogP contribution in [0.2, 0.25) is 0 Å². The average molecular weight is 267 g/mol. The van der Waals surface area contributed by atoms with Crippen molar-refractivity contribution in [2.45, 2.75) is 27.2 Å². The van der Waals surface area contributed by atoms with E-state index in [0.29, 0.717) is 11.8 Å². The van der Waals surface area contributed by atoms with Gasteiger partial charge in [0.05, 0.1) is 10.7 Å². The summed E-state index contributed by atoms with van der Waals surface area (Å²) >= 11 is 1.53. The van der Waals surface area contributed by atoms with E-state index in [1.54, 1.807) is 0 Å². The number of hydrogen-bond donors (Lipinski definition) is 2. The van der Waals surface area contributed by atoms with Gasteiger partial charge in [0.15, 0.2) is 0 Å². The standard InChI is InChI=1S/C13H21N3OS/c1-8(2)4-11-16-9(3)12(18-11)13(17)15-7-10-5-14-6-10/h8,10,14H,4-7H2,1-3H3,(H,15,17). The molecule has 1 amide bonds. The van der Waals surface area contributed by atoms with Gasteiger partial charge in [0.2, 0.25) is 0 Å². The summed E-state index contributed by atoms with van der Waals surface area (Å²) in [6, 6.07) is 0. The molecule has 0 spiro atoms. The van der Waals surface area contributed by atoms with Gasteiger partial charge >= 0.3 is 0 Å². The van der Waals surface area contributed by atoms with Crippen LogP contribution in [0.15, 0.2) is 0 Å². The molecule has 1 aliphatic rings. The fourth-order valence-corrected chi connectivity index (χ4v) is 3.10. The lowest BCUT2D eigenvalue weighted by Gasteiger charge is -2.26. The third kappa shape index (κ3) is 3.29. The second-order valence-corrected chi connectivity index (χ2v) is 6.44. The van der Waals surface area contributed by atoms with E-state index in [2.05, 4.69) is 29.5 Å². The Morgan fingerprint density at radius 1 is 1.56 bits per heavy atom. The molecule has 0 saturated carbocycles. The van der Waals surface area contributed by atoms with Crippen molar-refractivity contribution in [1.29, 1.82) is 0 Å². The zero-order chi connectivity index (χ0) is 13.1. The maximum absolute atomic E-state index is 12.0. The van der Waals surface area contributed by atoms with Crippen LogP contribution in [0.5, 0.6) is 0 Å². The predicted octanol–water partition coefficient (Wildman–Crippen LogP) is 1.60. The van der Waals surface area contributed by atoms with Crippen LogP contribution in [0, 0.1) is 18.8 Å². The van der Waals surface area contributed by atoms with E-state index in [0.717, 1.165) is 41.6 Å². The summed E-state index contributed by atoms with van der Waals surface area (Å²) in [5, 5.41) is 7.27. The van der Waals surface area contributed by atoms with Crippen molar-refractivity contribution in [3.05, 3.63) is 15.6 Å². The fraction of sp³-hybridized carbons (Fsp3) is 0.692. The Morgan fingerprint density at radius 3 is 2.83 bits per heavy atom. The van der Waals surface area contributed by atoms with Crippen molar-refractivity contribution in [2.75, 3.05) is 19.6 Å². The maximum atomic E-state index is 12.0. The van der Waals surface area contributed by atoms with Gasteiger partial charge in [0.25, 0.3) is 5.91 Å². The summed E-state index contributed by atoms with van der Waals surface area (Å²) in [5.74, 6) is 1.21. The number of nitrogens with one attached hydrogen (secondary N) is 2. The molecule has 5 heteroatoms. The van der Waals surface area contributed by atoms with Crippen LogP contribution in [-0.2, 0) is 6.42 Å². The lowest BCUT2D eigenvalue weighted by Crippen LogP contribution is -2.48. The highest BCUT2D eigenvalue weighted by Gasteiger charge is 2.20. The molecule has 18 heavy (non-hydrogen) atoms. The first-order valence-electron chi connectivity index (χ1n) is 6.51. The number of aryl methyl sites for hydroxylation is 1. The number of carbonyl (C=O) groups excluding carboxylic acids is 1. The van der Waals surface area contributed by atoms with Crippen LogP contribution in [0.1, 0.15) is 34.2 Å². The number of thiazole rings is 1. The molecule has 100 valence electrons. The average Bonchev–Trinajstić information content (AvgIpc) is 2.55. The molecule has 4 nitrogen and oxygen atoms in total. The zero-order valence-corrected chi connectivity index (χ0v) is 12.1. The first kappa shape index (κ1) is 13.5. The summed E-state index contributed by atoms with van der Waals surface area (Å²) in [6.45, 7) is 9.05. The number of hydrogen-bond acceptors (Lipinski definition) is 4. The second-order valence-electron chi connectivity index (χ2n) is 5.35. The van der Waals surface area contributed by atoms with Crippen molar-refractivity contribution < 1.29 is 4.79 Å². The first-order chi connectivity index (χ1) is 8.56. The Hall–Kier alpha value is -0.940. The number of carbonyl (C=O) groups is 1. The van der Waals surface area contributed by atoms with E-state index in [-0.39, 0.29) is 5.91 Å². The quantitative estimate of drug-likeness (QED) is 0.852. The Kier molecular flexibility index (Phi) is 4.35. The van der Waals surface area contributed by atoms with Gasteiger partial charge in [-0.2, -0.15) is 0 Å². The molecule has 2 rings (SSSR count). The molecule has 1 saturated heterocycles. The van der Waals surface area contributed by atoms with E-state index in [1.807, 2.05) is 6.92 Å². The van der Waals surface area contributed by atoms with Gasteiger partial charge in [-0.1, -0.05) is 13.8 Å². The van der Waals surface area contributed by atoms with Crippen molar-refractivity contribution in [3.8, 4) is 0 Å². The van der Waals surface area contributed by atoms with Gasteiger partial charge in [-0.15, -0.1) is 11.3 Å². The van der Waals surface area contributed by atoms with Crippen LogP contribution in [-0.4, -0.2) is 30.5 Å². The monoisotopic (exact) mass is 267 g/mol. The summed E-state index contributed by atoms with van der Waals surface area (Å²) in [5.41, 5.74) is 0.861. The van der Waals surface area contributed by atoms with Crippen molar-refractivity contribution in [2.24, 2.45) is 11.8 Å². The number of aromatic nitrogens is 1. The molecule has 0 bridgehead atoms. The molecule has 1 aliphatic heterocycles. The summed E-state index contributed by atoms with van der Waals surface area (Å²) in [4.78, 5) is 17.3. The minimum atomic E-state index is 0.0342. The molecule has 0 aromatic carbocycles. The Balaban J connectivity index is 1.93. The molecule has 0 unspecified atom stereocenters. The topological polar surface area (TPSA) is 54.0 Å². The first-order valence-corrected chi connectivity index (χ1v) is 7.33. The zero-order valence-electron chi connectivity index (χ0n) is 11.2. The van der Waals surface area contributed by atoms with Crippen molar-refractivity contribution in [1.82, 2.24) is 15.6 Å². The van der Waals surface area contributed by atoms with Crippen LogP contribution < -0.4 is 10.6 Å². The molecule has 1 aromatic heterocycles. The minimum absolute atomic E-state index is 0.0342. The van der Waals surface area contributed by atoms with E-state index in [4.69, 9.17) is 0 Å². The molecule has 0 aliphatic carbocycles. The lowest BCUT2D eigenvalue weighted by molar-refractivity contribution is 0.0945. The van der Waals surface area contributed by atoms with Crippen LogP contribution in [0.3, 0.4) is 0 Å². The molecule has 0 atom stereocenters. The third-order valence-electron chi connectivity index (χ3n) is 3.05. The van der Waals surface area contributed by atoms with E-state index in [9.17, 15) is 4.79 Å². The van der Waals surface area contributed by atoms with Gasteiger partial charge in [-0.3, -0.25) is 4.79 Å². The lowest BCUT2D eigenvalue weighted by atomic mass is 10.0. The van der Waals surface area contributed by atoms with Gasteiger partial charge in [0.1, 0.15) is 4.88 Å². The van der Waals surface area contributed by atoms with Gasteiger partial charge in [-0.05, 0) is 12.8 Å². The normalized spacial score (nSPS) is 15.8. The van der Waals surface area contributed by atoms with Crippen molar-refractivity contribution >= 4 is 17.2 Å². The molecule has 2 heterocycles. The number of nitrogens with zero attached hydrogens (tertiary/aromatic N) is 1. The Morgan fingerprint density at radius 2 is 2.28 bits per heavy atom. The largest absolute Gasteiger partial charge is 0.351 e. The highest BCUT2D eigenvalue weighted by molar-refractivity contribution is 7.13. The van der Waals surface area contributed by atoms with Crippen molar-refractivity contribution in [3.63, 3.8) is 0 Å². The highest BCUT2D eigenvalue weighted by Crippen LogP contribution is 2.20. The number of amides is 1. The van der Waals surface area contributed by atoms with Crippen LogP contribution in [0.4, 0.5) is 0 Å². The van der Waals surface area contributed by atoms with Gasteiger partial charge in [-0.25, -0.2) is 4.98 Å². The van der Waals surface area contributed by atoms with E-state index in [1.165, 1.54) is 11.3 Å². The molecular weight excluding hydrogens is 246 g/mol. The molecular formula is C13H21N3OS. The second kappa shape index (κ2) is 5.80. The van der Waals surface area contributed by atoms with Crippen LogP contribution in [0.25, 0.3) is 0 Å². The predicted molar refractivity (Wildman–Crippen MR) is 74.1 cm³/mol. The van der Waals surface area contributed by atoms with E-state index < -0.39 is 0 Å². The summed E-state index contributed by atoms with van der Waals surface area (Å²) in [6.07, 6.45) is 0.950. The summed E-state index contributed by atoms with van der Waals surface area (Å²) < 4.78 is 0. The molecule has 2 N–H and O–H groups in total. The number of rotatable bonds is 5. The molecule has 1 aromatic rings. The molecule has 0 radical (unpaired) electrons. The SMILES string of the molecule is Cc1nc(CC(C)C)sc1C(=O)NCC1CNC1. The maximum Gasteiger partial charge on any atom is 0.263 e. The fourth-order valence-electron chi connectivity index (χ4n) is 1.91.